The Kier molecular flexibility index (Phi) is 4.88. The van der Waals surface area contributed by atoms with Crippen LogP contribution in [0.4, 0.5) is 0 Å². The van der Waals surface area contributed by atoms with Gasteiger partial charge in [0, 0.05) is 31.6 Å². The van der Waals surface area contributed by atoms with Gasteiger partial charge in [-0.2, -0.15) is 0 Å². The molecule has 4 aliphatic rings. The summed E-state index contributed by atoms with van der Waals surface area (Å²) in [5.41, 5.74) is 1.17. The third-order valence-electron chi connectivity index (χ3n) is 6.18. The summed E-state index contributed by atoms with van der Waals surface area (Å²) < 4.78 is 5.69. The molecule has 4 fully saturated rings. The van der Waals surface area contributed by atoms with Gasteiger partial charge in [-0.05, 0) is 50.7 Å². The van der Waals surface area contributed by atoms with Gasteiger partial charge < -0.3 is 14.5 Å². The number of hydrogen-bond acceptors (Lipinski definition) is 3. The Morgan fingerprint density at radius 1 is 1.04 bits per heavy atom. The van der Waals surface area contributed by atoms with Crippen LogP contribution in [0.3, 0.4) is 0 Å². The first kappa shape index (κ1) is 17.4. The molecule has 2 bridgehead atoms. The topological polar surface area (TPSA) is 49.9 Å². The van der Waals surface area contributed by atoms with Gasteiger partial charge in [0.25, 0.3) is 5.91 Å². The first-order chi connectivity index (χ1) is 12.6. The number of benzene rings is 1. The fraction of sp³-hybridized carbons (Fsp3) is 0.619. The molecule has 1 aliphatic carbocycles. The van der Waals surface area contributed by atoms with Crippen molar-refractivity contribution in [2.45, 2.75) is 45.1 Å². The average molecular weight is 356 g/mol. The number of rotatable bonds is 4. The van der Waals surface area contributed by atoms with Crippen LogP contribution in [0.1, 0.15) is 37.7 Å². The maximum Gasteiger partial charge on any atom is 0.260 e. The highest BCUT2D eigenvalue weighted by atomic mass is 16.5. The number of fused-ring (bicyclic) bond motifs is 4. The maximum atomic E-state index is 12.8. The monoisotopic (exact) mass is 356 g/mol. The lowest BCUT2D eigenvalue weighted by Crippen LogP contribution is -2.49. The third kappa shape index (κ3) is 3.57. The summed E-state index contributed by atoms with van der Waals surface area (Å²) in [6.07, 6.45) is 5.37. The highest BCUT2D eigenvalue weighted by Crippen LogP contribution is 2.33. The summed E-state index contributed by atoms with van der Waals surface area (Å²) in [6.45, 7) is 4.37. The van der Waals surface area contributed by atoms with Crippen molar-refractivity contribution in [2.24, 2.45) is 11.8 Å². The molecule has 5 heteroatoms. The van der Waals surface area contributed by atoms with E-state index in [0.717, 1.165) is 44.5 Å². The number of aryl methyl sites for hydroxylation is 1. The summed E-state index contributed by atoms with van der Waals surface area (Å²) in [5.74, 6) is 1.73. The summed E-state index contributed by atoms with van der Waals surface area (Å²) >= 11 is 0. The fourth-order valence-corrected chi connectivity index (χ4v) is 4.34. The predicted molar refractivity (Wildman–Crippen MR) is 98.8 cm³/mol. The van der Waals surface area contributed by atoms with Crippen LogP contribution < -0.4 is 4.74 Å². The summed E-state index contributed by atoms with van der Waals surface area (Å²) in [7, 11) is 0. The van der Waals surface area contributed by atoms with Gasteiger partial charge >= 0.3 is 0 Å². The lowest BCUT2D eigenvalue weighted by atomic mass is 9.84. The van der Waals surface area contributed by atoms with E-state index in [2.05, 4.69) is 0 Å². The van der Waals surface area contributed by atoms with Crippen molar-refractivity contribution < 1.29 is 14.3 Å². The van der Waals surface area contributed by atoms with Crippen molar-refractivity contribution in [2.75, 3.05) is 26.2 Å². The number of piperidine rings is 1. The molecule has 3 heterocycles. The maximum absolute atomic E-state index is 12.8. The largest absolute Gasteiger partial charge is 0.484 e. The Morgan fingerprint density at radius 3 is 2.50 bits per heavy atom. The molecule has 0 N–H and O–H groups in total. The molecule has 3 aliphatic heterocycles. The van der Waals surface area contributed by atoms with Crippen LogP contribution in [0.15, 0.2) is 24.3 Å². The van der Waals surface area contributed by atoms with Gasteiger partial charge in [0.1, 0.15) is 5.75 Å². The second-order valence-electron chi connectivity index (χ2n) is 8.12. The quantitative estimate of drug-likeness (QED) is 0.833. The van der Waals surface area contributed by atoms with E-state index in [-0.39, 0.29) is 24.5 Å². The van der Waals surface area contributed by atoms with Gasteiger partial charge in [0.15, 0.2) is 6.61 Å². The number of amides is 2. The Balaban J connectivity index is 1.37. The molecule has 1 aromatic carbocycles. The number of carbonyl (C=O) groups is 2. The van der Waals surface area contributed by atoms with E-state index in [9.17, 15) is 9.59 Å². The SMILES string of the molecule is Cc1ccc(OCC(=O)N2C[C@H]3CC[C@@H]2CN(C(=O)C2CCC2)C3)cc1. The molecule has 1 aromatic rings. The van der Waals surface area contributed by atoms with Crippen LogP contribution in [0.25, 0.3) is 0 Å². The Morgan fingerprint density at radius 2 is 1.81 bits per heavy atom. The Labute approximate surface area is 155 Å². The second kappa shape index (κ2) is 7.29. The zero-order valence-corrected chi connectivity index (χ0v) is 15.5. The van der Waals surface area contributed by atoms with Gasteiger partial charge in [-0.15, -0.1) is 0 Å². The van der Waals surface area contributed by atoms with Crippen molar-refractivity contribution in [3.8, 4) is 5.75 Å². The fourth-order valence-electron chi connectivity index (χ4n) is 4.34. The van der Waals surface area contributed by atoms with E-state index < -0.39 is 0 Å². The summed E-state index contributed by atoms with van der Waals surface area (Å²) in [5, 5.41) is 0. The molecule has 2 atom stereocenters. The Hall–Kier alpha value is -2.04. The van der Waals surface area contributed by atoms with E-state index in [4.69, 9.17) is 4.74 Å². The highest BCUT2D eigenvalue weighted by molar-refractivity contribution is 5.81. The van der Waals surface area contributed by atoms with Crippen LogP contribution in [-0.2, 0) is 9.59 Å². The minimum absolute atomic E-state index is 0.0400. The lowest BCUT2D eigenvalue weighted by molar-refractivity contribution is -0.140. The van der Waals surface area contributed by atoms with Crippen LogP contribution in [0.5, 0.6) is 5.75 Å². The molecule has 0 radical (unpaired) electrons. The molecule has 0 aromatic heterocycles. The molecule has 0 unspecified atom stereocenters. The van der Waals surface area contributed by atoms with E-state index in [1.807, 2.05) is 41.0 Å². The molecule has 1 saturated carbocycles. The molecule has 26 heavy (non-hydrogen) atoms. The third-order valence-corrected chi connectivity index (χ3v) is 6.18. The minimum Gasteiger partial charge on any atom is -0.484 e. The van der Waals surface area contributed by atoms with Crippen molar-refractivity contribution in [3.63, 3.8) is 0 Å². The molecule has 0 spiro atoms. The predicted octanol–water partition coefficient (Wildman–Crippen LogP) is 2.62. The van der Waals surface area contributed by atoms with Gasteiger partial charge in [0.2, 0.25) is 5.91 Å². The van der Waals surface area contributed by atoms with Crippen molar-refractivity contribution in [1.82, 2.24) is 9.80 Å². The number of carbonyl (C=O) groups excluding carboxylic acids is 2. The van der Waals surface area contributed by atoms with Crippen LogP contribution >= 0.6 is 0 Å². The second-order valence-corrected chi connectivity index (χ2v) is 8.12. The van der Waals surface area contributed by atoms with Crippen molar-refractivity contribution in [1.29, 1.82) is 0 Å². The molecular formula is C21H28N2O3. The number of ether oxygens (including phenoxy) is 1. The van der Waals surface area contributed by atoms with E-state index >= 15 is 0 Å². The van der Waals surface area contributed by atoms with Gasteiger partial charge in [-0.1, -0.05) is 24.1 Å². The van der Waals surface area contributed by atoms with E-state index in [1.54, 1.807) is 0 Å². The normalized spacial score (nSPS) is 25.6. The number of hydrogen-bond donors (Lipinski definition) is 0. The minimum atomic E-state index is 0.0400. The summed E-state index contributed by atoms with van der Waals surface area (Å²) in [4.78, 5) is 29.4. The van der Waals surface area contributed by atoms with Gasteiger partial charge in [-0.25, -0.2) is 0 Å². The first-order valence-electron chi connectivity index (χ1n) is 9.88. The van der Waals surface area contributed by atoms with Crippen LogP contribution in [0.2, 0.25) is 0 Å². The Bertz CT molecular complexity index is 668. The smallest absolute Gasteiger partial charge is 0.260 e. The van der Waals surface area contributed by atoms with E-state index in [0.29, 0.717) is 18.4 Å². The molecule has 5 nitrogen and oxygen atoms in total. The molecule has 140 valence electrons. The van der Waals surface area contributed by atoms with Gasteiger partial charge in [-0.3, -0.25) is 9.59 Å². The molecule has 3 saturated heterocycles. The molecule has 5 rings (SSSR count). The van der Waals surface area contributed by atoms with Gasteiger partial charge in [0.05, 0.1) is 0 Å². The standard InChI is InChI=1S/C21H28N2O3/c1-15-5-9-19(10-6-15)26-14-20(24)23-12-16-7-8-18(23)13-22(11-16)21(25)17-3-2-4-17/h5-6,9-10,16-18H,2-4,7-8,11-14H2,1H3/t16-,18+/m0/s1. The van der Waals surface area contributed by atoms with Crippen LogP contribution in [-0.4, -0.2) is 53.9 Å². The lowest BCUT2D eigenvalue weighted by Gasteiger charge is -2.36. The average Bonchev–Trinajstić information content (AvgIpc) is 2.91. The van der Waals surface area contributed by atoms with Crippen LogP contribution in [0, 0.1) is 18.8 Å². The van der Waals surface area contributed by atoms with Crippen molar-refractivity contribution >= 4 is 11.8 Å². The zero-order chi connectivity index (χ0) is 18.1. The summed E-state index contributed by atoms with van der Waals surface area (Å²) in [6, 6.07) is 7.91. The highest BCUT2D eigenvalue weighted by Gasteiger charge is 2.40. The zero-order valence-electron chi connectivity index (χ0n) is 15.5. The molecular weight excluding hydrogens is 328 g/mol. The number of nitrogens with zero attached hydrogens (tertiary/aromatic N) is 2. The van der Waals surface area contributed by atoms with E-state index in [1.165, 1.54) is 12.0 Å². The van der Waals surface area contributed by atoms with Crippen molar-refractivity contribution in [3.05, 3.63) is 29.8 Å². The first-order valence-corrected chi connectivity index (χ1v) is 9.88. The molecule has 2 amide bonds.